The van der Waals surface area contributed by atoms with Gasteiger partial charge in [-0.15, -0.1) is 0 Å². The van der Waals surface area contributed by atoms with Crippen LogP contribution < -0.4 is 10.3 Å². The van der Waals surface area contributed by atoms with E-state index in [9.17, 15) is 4.79 Å². The summed E-state index contributed by atoms with van der Waals surface area (Å²) < 4.78 is 6.89. The van der Waals surface area contributed by atoms with Crippen molar-refractivity contribution >= 4 is 10.9 Å². The molecule has 0 spiro atoms. The van der Waals surface area contributed by atoms with Gasteiger partial charge in [-0.25, -0.2) is 0 Å². The molecule has 5 nitrogen and oxygen atoms in total. The molecule has 0 aliphatic heterocycles. The molecule has 25 heavy (non-hydrogen) atoms. The molecule has 0 aliphatic carbocycles. The van der Waals surface area contributed by atoms with Gasteiger partial charge >= 0.3 is 0 Å². The first kappa shape index (κ1) is 15.2. The van der Waals surface area contributed by atoms with E-state index in [0.717, 1.165) is 33.3 Å². The molecule has 0 saturated carbocycles. The molecule has 0 saturated heterocycles. The maximum atomic E-state index is 12.2. The van der Waals surface area contributed by atoms with Crippen LogP contribution in [0, 0.1) is 0 Å². The highest BCUT2D eigenvalue weighted by Crippen LogP contribution is 2.22. The quantitative estimate of drug-likeness (QED) is 0.623. The molecule has 124 valence electrons. The molecular weight excluding hydrogens is 314 g/mol. The van der Waals surface area contributed by atoms with Crippen molar-refractivity contribution < 1.29 is 4.74 Å². The number of benzene rings is 2. The Labute approximate surface area is 144 Å². The number of methoxy groups -OCH3 is 1. The van der Waals surface area contributed by atoms with Crippen LogP contribution in [0.15, 0.2) is 71.8 Å². The molecule has 5 heteroatoms. The summed E-state index contributed by atoms with van der Waals surface area (Å²) in [7, 11) is 1.64. The van der Waals surface area contributed by atoms with Crippen LogP contribution in [0.1, 0.15) is 5.56 Å². The second-order valence-corrected chi connectivity index (χ2v) is 5.90. The highest BCUT2D eigenvalue weighted by atomic mass is 16.5. The van der Waals surface area contributed by atoms with E-state index in [1.807, 2.05) is 54.7 Å². The summed E-state index contributed by atoms with van der Waals surface area (Å²) in [5, 5.41) is 8.09. The highest BCUT2D eigenvalue weighted by Gasteiger charge is 2.05. The van der Waals surface area contributed by atoms with E-state index < -0.39 is 0 Å². The number of aromatic nitrogens is 3. The molecule has 0 bridgehead atoms. The van der Waals surface area contributed by atoms with Crippen molar-refractivity contribution in [3.8, 4) is 16.9 Å². The van der Waals surface area contributed by atoms with Gasteiger partial charge in [-0.2, -0.15) is 5.10 Å². The van der Waals surface area contributed by atoms with Gasteiger partial charge in [0.15, 0.2) is 0 Å². The van der Waals surface area contributed by atoms with E-state index in [2.05, 4.69) is 10.2 Å². The van der Waals surface area contributed by atoms with E-state index in [1.165, 1.54) is 0 Å². The van der Waals surface area contributed by atoms with Gasteiger partial charge in [0, 0.05) is 17.6 Å². The largest absolute Gasteiger partial charge is 0.497 e. The molecule has 2 heterocycles. The summed E-state index contributed by atoms with van der Waals surface area (Å²) in [5.74, 6) is 0.803. The third-order valence-corrected chi connectivity index (χ3v) is 4.27. The lowest BCUT2D eigenvalue weighted by Crippen LogP contribution is -2.19. The Morgan fingerprint density at radius 3 is 2.64 bits per heavy atom. The van der Waals surface area contributed by atoms with Crippen molar-refractivity contribution in [2.45, 2.75) is 6.54 Å². The van der Waals surface area contributed by atoms with Crippen LogP contribution in [0.5, 0.6) is 5.75 Å². The van der Waals surface area contributed by atoms with Gasteiger partial charge in [0.1, 0.15) is 5.75 Å². The number of pyridine rings is 1. The highest BCUT2D eigenvalue weighted by molar-refractivity contribution is 5.83. The summed E-state index contributed by atoms with van der Waals surface area (Å²) in [6, 6.07) is 17.3. The monoisotopic (exact) mass is 331 g/mol. The zero-order chi connectivity index (χ0) is 17.2. The van der Waals surface area contributed by atoms with Gasteiger partial charge < -0.3 is 9.30 Å². The third kappa shape index (κ3) is 3.04. The predicted molar refractivity (Wildman–Crippen MR) is 97.9 cm³/mol. The fourth-order valence-electron chi connectivity index (χ4n) is 2.87. The fourth-order valence-corrected chi connectivity index (χ4v) is 2.87. The number of hydrogen-bond acceptors (Lipinski definition) is 3. The van der Waals surface area contributed by atoms with E-state index >= 15 is 0 Å². The van der Waals surface area contributed by atoms with Gasteiger partial charge in [-0.3, -0.25) is 9.89 Å². The first-order valence-electron chi connectivity index (χ1n) is 8.00. The number of aromatic amines is 1. The topological polar surface area (TPSA) is 59.9 Å². The molecule has 0 radical (unpaired) electrons. The normalized spacial score (nSPS) is 10.9. The van der Waals surface area contributed by atoms with E-state index in [0.29, 0.717) is 6.54 Å². The minimum atomic E-state index is -0.0258. The summed E-state index contributed by atoms with van der Waals surface area (Å²) in [4.78, 5) is 12.2. The minimum Gasteiger partial charge on any atom is -0.497 e. The molecule has 2 aromatic heterocycles. The number of rotatable bonds is 4. The number of H-pyrrole nitrogens is 1. The van der Waals surface area contributed by atoms with Crippen molar-refractivity contribution in [2.75, 3.05) is 7.11 Å². The molecule has 0 amide bonds. The van der Waals surface area contributed by atoms with Crippen LogP contribution in [0.25, 0.3) is 22.0 Å². The van der Waals surface area contributed by atoms with E-state index in [1.54, 1.807) is 23.9 Å². The summed E-state index contributed by atoms with van der Waals surface area (Å²) >= 11 is 0. The Bertz CT molecular complexity index is 1080. The van der Waals surface area contributed by atoms with Crippen LogP contribution >= 0.6 is 0 Å². The van der Waals surface area contributed by atoms with Crippen LogP contribution in [0.2, 0.25) is 0 Å². The standard InChI is InChI=1S/C20H17N3O2/c1-25-18-7-2-14(3-8-18)12-23-13-17(6-9-20(23)24)15-4-5-16-11-21-22-19(16)10-15/h2-11,13H,12H2,1H3,(H,21,22). The van der Waals surface area contributed by atoms with Crippen molar-refractivity contribution in [1.29, 1.82) is 0 Å². The van der Waals surface area contributed by atoms with Crippen molar-refractivity contribution in [1.82, 2.24) is 14.8 Å². The molecular formula is C20H17N3O2. The van der Waals surface area contributed by atoms with Gasteiger partial charge in [0.25, 0.3) is 5.56 Å². The SMILES string of the molecule is COc1ccc(Cn2cc(-c3ccc4cn[nH]c4c3)ccc2=O)cc1. The first-order chi connectivity index (χ1) is 12.2. The Morgan fingerprint density at radius 2 is 1.84 bits per heavy atom. The number of nitrogens with one attached hydrogen (secondary N) is 1. The second-order valence-electron chi connectivity index (χ2n) is 5.90. The van der Waals surface area contributed by atoms with Crippen LogP contribution in [-0.4, -0.2) is 21.9 Å². The molecule has 0 fully saturated rings. The van der Waals surface area contributed by atoms with Gasteiger partial charge in [-0.05, 0) is 41.0 Å². The first-order valence-corrected chi connectivity index (χ1v) is 8.00. The average Bonchev–Trinajstić information content (AvgIpc) is 3.12. The number of hydrogen-bond donors (Lipinski definition) is 1. The minimum absolute atomic E-state index is 0.0258. The van der Waals surface area contributed by atoms with Crippen molar-refractivity contribution in [3.63, 3.8) is 0 Å². The fraction of sp³-hybridized carbons (Fsp3) is 0.100. The molecule has 4 rings (SSSR count). The number of ether oxygens (including phenoxy) is 1. The van der Waals surface area contributed by atoms with E-state index in [4.69, 9.17) is 4.74 Å². The molecule has 0 unspecified atom stereocenters. The van der Waals surface area contributed by atoms with Gasteiger partial charge in [0.2, 0.25) is 0 Å². The lowest BCUT2D eigenvalue weighted by atomic mass is 10.1. The van der Waals surface area contributed by atoms with Gasteiger partial charge in [-0.1, -0.05) is 24.3 Å². The Balaban J connectivity index is 1.68. The lowest BCUT2D eigenvalue weighted by Gasteiger charge is -2.09. The number of fused-ring (bicyclic) bond motifs is 1. The Morgan fingerprint density at radius 1 is 1.04 bits per heavy atom. The zero-order valence-corrected chi connectivity index (χ0v) is 13.8. The predicted octanol–water partition coefficient (Wildman–Crippen LogP) is 3.45. The second kappa shape index (κ2) is 6.28. The molecule has 0 atom stereocenters. The van der Waals surface area contributed by atoms with Gasteiger partial charge in [0.05, 0.1) is 25.4 Å². The Hall–Kier alpha value is -3.34. The Kier molecular flexibility index (Phi) is 3.82. The molecule has 2 aromatic carbocycles. The molecule has 4 aromatic rings. The summed E-state index contributed by atoms with van der Waals surface area (Å²) in [6.45, 7) is 0.517. The maximum Gasteiger partial charge on any atom is 0.250 e. The number of nitrogens with zero attached hydrogens (tertiary/aromatic N) is 2. The smallest absolute Gasteiger partial charge is 0.250 e. The summed E-state index contributed by atoms with van der Waals surface area (Å²) in [5.41, 5.74) is 4.03. The zero-order valence-electron chi connectivity index (χ0n) is 13.8. The lowest BCUT2D eigenvalue weighted by molar-refractivity contribution is 0.414. The van der Waals surface area contributed by atoms with Crippen LogP contribution in [0.4, 0.5) is 0 Å². The molecule has 1 N–H and O–H groups in total. The average molecular weight is 331 g/mol. The van der Waals surface area contributed by atoms with E-state index in [-0.39, 0.29) is 5.56 Å². The van der Waals surface area contributed by atoms with Crippen molar-refractivity contribution in [2.24, 2.45) is 0 Å². The molecule has 0 aliphatic rings. The van der Waals surface area contributed by atoms with Crippen molar-refractivity contribution in [3.05, 3.63) is 82.9 Å². The maximum absolute atomic E-state index is 12.2. The van der Waals surface area contributed by atoms with Crippen LogP contribution in [0.3, 0.4) is 0 Å². The summed E-state index contributed by atoms with van der Waals surface area (Å²) in [6.07, 6.45) is 3.69. The van der Waals surface area contributed by atoms with Crippen LogP contribution in [-0.2, 0) is 6.54 Å². The third-order valence-electron chi connectivity index (χ3n) is 4.27.